The van der Waals surface area contributed by atoms with Crippen LogP contribution in [0.3, 0.4) is 0 Å². The van der Waals surface area contributed by atoms with Crippen molar-refractivity contribution in [3.05, 3.63) is 64.4 Å². The van der Waals surface area contributed by atoms with Crippen LogP contribution in [0.4, 0.5) is 0 Å². The van der Waals surface area contributed by atoms with Gasteiger partial charge in [0.2, 0.25) is 10.0 Å². The number of aromatic nitrogens is 1. The number of carbonyl (C=O) groups excluding carboxylic acids is 2. The average Bonchev–Trinajstić information content (AvgIpc) is 2.63. The SMILES string of the molecule is O=CCCC(c1ccc(Cl)cc1)S(=O)(=O)NC(=O)c1ccc(CO)nc1. The molecule has 7 nitrogen and oxygen atoms in total. The molecule has 26 heavy (non-hydrogen) atoms. The molecule has 138 valence electrons. The summed E-state index contributed by atoms with van der Waals surface area (Å²) in [6.07, 6.45) is 1.85. The van der Waals surface area contributed by atoms with E-state index in [4.69, 9.17) is 16.7 Å². The maximum atomic E-state index is 12.7. The number of nitrogens with zero attached hydrogens (tertiary/aromatic N) is 1. The third-order valence-electron chi connectivity index (χ3n) is 3.65. The van der Waals surface area contributed by atoms with Crippen molar-refractivity contribution >= 4 is 33.8 Å². The third-order valence-corrected chi connectivity index (χ3v) is 5.63. The molecule has 0 aliphatic rings. The monoisotopic (exact) mass is 396 g/mol. The number of amides is 1. The van der Waals surface area contributed by atoms with Crippen molar-refractivity contribution in [2.45, 2.75) is 24.7 Å². The van der Waals surface area contributed by atoms with Gasteiger partial charge in [-0.2, -0.15) is 0 Å². The Labute approximate surface area is 156 Å². The molecule has 0 aliphatic carbocycles. The second kappa shape index (κ2) is 8.88. The number of hydrogen-bond acceptors (Lipinski definition) is 6. The molecule has 0 spiro atoms. The molecule has 0 fully saturated rings. The number of aliphatic hydroxyl groups excluding tert-OH is 1. The summed E-state index contributed by atoms with van der Waals surface area (Å²) < 4.78 is 27.4. The normalized spacial score (nSPS) is 12.4. The molecule has 1 amide bonds. The second-order valence-electron chi connectivity index (χ2n) is 5.46. The fourth-order valence-corrected chi connectivity index (χ4v) is 3.92. The number of rotatable bonds is 8. The molecule has 9 heteroatoms. The van der Waals surface area contributed by atoms with Crippen LogP contribution in [0.25, 0.3) is 0 Å². The highest BCUT2D eigenvalue weighted by molar-refractivity contribution is 7.90. The lowest BCUT2D eigenvalue weighted by Gasteiger charge is -2.18. The van der Waals surface area contributed by atoms with Gasteiger partial charge < -0.3 is 9.90 Å². The summed E-state index contributed by atoms with van der Waals surface area (Å²) in [4.78, 5) is 26.8. The van der Waals surface area contributed by atoms with Crippen molar-refractivity contribution in [1.29, 1.82) is 0 Å². The number of aldehydes is 1. The number of hydrogen-bond donors (Lipinski definition) is 2. The number of halogens is 1. The molecule has 1 atom stereocenters. The first kappa shape index (κ1) is 20.0. The van der Waals surface area contributed by atoms with Crippen molar-refractivity contribution in [3.63, 3.8) is 0 Å². The Morgan fingerprint density at radius 2 is 1.92 bits per heavy atom. The van der Waals surface area contributed by atoms with Gasteiger partial charge in [-0.25, -0.2) is 13.1 Å². The van der Waals surface area contributed by atoms with E-state index in [0.29, 0.717) is 22.6 Å². The van der Waals surface area contributed by atoms with Crippen molar-refractivity contribution in [2.24, 2.45) is 0 Å². The minimum Gasteiger partial charge on any atom is -0.390 e. The smallest absolute Gasteiger partial charge is 0.266 e. The second-order valence-corrected chi connectivity index (χ2v) is 7.76. The lowest BCUT2D eigenvalue weighted by molar-refractivity contribution is -0.107. The Balaban J connectivity index is 2.25. The minimum absolute atomic E-state index is 0.0230. The summed E-state index contributed by atoms with van der Waals surface area (Å²) in [5.41, 5.74) is 0.816. The van der Waals surface area contributed by atoms with Crippen LogP contribution in [0.1, 0.15) is 39.7 Å². The number of pyridine rings is 1. The molecule has 1 heterocycles. The molecular weight excluding hydrogens is 380 g/mol. The predicted molar refractivity (Wildman–Crippen MR) is 96.0 cm³/mol. The molecule has 0 saturated carbocycles. The Morgan fingerprint density at radius 3 is 2.46 bits per heavy atom. The zero-order chi connectivity index (χ0) is 19.2. The van der Waals surface area contributed by atoms with E-state index in [1.807, 2.05) is 4.72 Å². The minimum atomic E-state index is -4.10. The third kappa shape index (κ3) is 5.10. The van der Waals surface area contributed by atoms with Gasteiger partial charge in [-0.05, 0) is 36.2 Å². The lowest BCUT2D eigenvalue weighted by Crippen LogP contribution is -2.34. The molecule has 2 N–H and O–H groups in total. The first-order valence-corrected chi connectivity index (χ1v) is 9.60. The molecular formula is C17H17ClN2O5S. The van der Waals surface area contributed by atoms with Crippen LogP contribution in [0.15, 0.2) is 42.6 Å². The summed E-state index contributed by atoms with van der Waals surface area (Å²) in [6, 6.07) is 8.95. The Hall–Kier alpha value is -2.29. The predicted octanol–water partition coefficient (Wildman–Crippen LogP) is 2.01. The molecule has 2 rings (SSSR count). The van der Waals surface area contributed by atoms with Crippen LogP contribution in [0.5, 0.6) is 0 Å². The highest BCUT2D eigenvalue weighted by Crippen LogP contribution is 2.27. The van der Waals surface area contributed by atoms with Crippen LogP contribution < -0.4 is 4.72 Å². The van der Waals surface area contributed by atoms with E-state index in [-0.39, 0.29) is 25.0 Å². The van der Waals surface area contributed by atoms with Crippen molar-refractivity contribution in [3.8, 4) is 0 Å². The average molecular weight is 397 g/mol. The molecule has 0 saturated heterocycles. The summed E-state index contributed by atoms with van der Waals surface area (Å²) in [6.45, 7) is -0.287. The van der Waals surface area contributed by atoms with E-state index >= 15 is 0 Å². The summed E-state index contributed by atoms with van der Waals surface area (Å²) in [5, 5.41) is 8.32. The van der Waals surface area contributed by atoms with Gasteiger partial charge in [0.1, 0.15) is 11.5 Å². The van der Waals surface area contributed by atoms with Crippen molar-refractivity contribution in [1.82, 2.24) is 9.71 Å². The van der Waals surface area contributed by atoms with Gasteiger partial charge in [0, 0.05) is 17.6 Å². The van der Waals surface area contributed by atoms with E-state index < -0.39 is 21.2 Å². The first-order chi connectivity index (χ1) is 12.4. The quantitative estimate of drug-likeness (QED) is 0.660. The largest absolute Gasteiger partial charge is 0.390 e. The standard InChI is InChI=1S/C17H17ClN2O5S/c18-14-6-3-12(4-7-14)16(2-1-9-21)26(24,25)20-17(23)13-5-8-15(11-22)19-10-13/h3-10,16,22H,1-2,11H2,(H,20,23). The number of benzene rings is 1. The van der Waals surface area contributed by atoms with Gasteiger partial charge in [-0.3, -0.25) is 9.78 Å². The van der Waals surface area contributed by atoms with Gasteiger partial charge >= 0.3 is 0 Å². The Kier molecular flexibility index (Phi) is 6.84. The highest BCUT2D eigenvalue weighted by Gasteiger charge is 2.29. The van der Waals surface area contributed by atoms with E-state index in [1.54, 1.807) is 24.3 Å². The van der Waals surface area contributed by atoms with Crippen LogP contribution in [0, 0.1) is 0 Å². The van der Waals surface area contributed by atoms with Gasteiger partial charge in [0.05, 0.1) is 17.9 Å². The Morgan fingerprint density at radius 1 is 1.23 bits per heavy atom. The molecule has 0 radical (unpaired) electrons. The summed E-state index contributed by atoms with van der Waals surface area (Å²) in [5.74, 6) is -0.841. The van der Waals surface area contributed by atoms with Crippen molar-refractivity contribution < 1.29 is 23.1 Å². The number of carbonyl (C=O) groups is 2. The fraction of sp³-hybridized carbons (Fsp3) is 0.235. The molecule has 0 bridgehead atoms. The number of sulfonamides is 1. The first-order valence-electron chi connectivity index (χ1n) is 7.68. The molecule has 1 aromatic carbocycles. The maximum Gasteiger partial charge on any atom is 0.266 e. The molecule has 0 aliphatic heterocycles. The molecule has 1 aromatic heterocycles. The number of nitrogens with one attached hydrogen (secondary N) is 1. The van der Waals surface area contributed by atoms with Gasteiger partial charge in [-0.15, -0.1) is 0 Å². The zero-order valence-electron chi connectivity index (χ0n) is 13.6. The number of aliphatic hydroxyl groups is 1. The fourth-order valence-electron chi connectivity index (χ4n) is 2.31. The van der Waals surface area contributed by atoms with Crippen LogP contribution in [-0.4, -0.2) is 30.7 Å². The van der Waals surface area contributed by atoms with E-state index in [0.717, 1.165) is 0 Å². The van der Waals surface area contributed by atoms with Crippen LogP contribution in [-0.2, 0) is 21.4 Å². The highest BCUT2D eigenvalue weighted by atomic mass is 35.5. The Bertz CT molecular complexity index is 867. The van der Waals surface area contributed by atoms with E-state index in [1.165, 1.54) is 18.3 Å². The van der Waals surface area contributed by atoms with Crippen LogP contribution in [0.2, 0.25) is 5.02 Å². The van der Waals surface area contributed by atoms with Crippen LogP contribution >= 0.6 is 11.6 Å². The maximum absolute atomic E-state index is 12.7. The summed E-state index contributed by atoms with van der Waals surface area (Å²) >= 11 is 5.82. The zero-order valence-corrected chi connectivity index (χ0v) is 15.2. The van der Waals surface area contributed by atoms with E-state index in [2.05, 4.69) is 4.98 Å². The molecule has 1 unspecified atom stereocenters. The van der Waals surface area contributed by atoms with Crippen molar-refractivity contribution in [2.75, 3.05) is 0 Å². The van der Waals surface area contributed by atoms with Gasteiger partial charge in [0.25, 0.3) is 5.91 Å². The van der Waals surface area contributed by atoms with Gasteiger partial charge in [0.15, 0.2) is 0 Å². The topological polar surface area (TPSA) is 113 Å². The molecule has 2 aromatic rings. The van der Waals surface area contributed by atoms with E-state index in [9.17, 15) is 18.0 Å². The summed E-state index contributed by atoms with van der Waals surface area (Å²) in [7, 11) is -4.10. The lowest BCUT2D eigenvalue weighted by atomic mass is 10.1. The van der Waals surface area contributed by atoms with Gasteiger partial charge in [-0.1, -0.05) is 23.7 Å².